The summed E-state index contributed by atoms with van der Waals surface area (Å²) in [4.78, 5) is 45.7. The molecule has 0 aromatic heterocycles. The molecule has 1 amide bonds. The smallest absolute Gasteiger partial charge is 0.490 e. The summed E-state index contributed by atoms with van der Waals surface area (Å²) in [5.41, 5.74) is -0.159. The molecule has 15 heteroatoms. The number of hydrogen-bond acceptors (Lipinski definition) is 9. The maximum absolute atomic E-state index is 12.6. The van der Waals surface area contributed by atoms with Crippen LogP contribution < -0.4 is 10.1 Å². The lowest BCUT2D eigenvalue weighted by atomic mass is 9.50. The van der Waals surface area contributed by atoms with Crippen LogP contribution in [0.1, 0.15) is 30.4 Å². The largest absolute Gasteiger partial charge is 0.504 e. The molecular weight excluding hydrogens is 557 g/mol. The second-order valence-electron chi connectivity index (χ2n) is 10.1. The van der Waals surface area contributed by atoms with E-state index in [-0.39, 0.29) is 31.2 Å². The fraction of sp³-hybridized carbons (Fsp3) is 0.462. The number of phenols is 1. The van der Waals surface area contributed by atoms with Gasteiger partial charge in [-0.15, -0.1) is 0 Å². The van der Waals surface area contributed by atoms with E-state index in [0.29, 0.717) is 30.4 Å². The summed E-state index contributed by atoms with van der Waals surface area (Å²) >= 11 is 0. The molecule has 0 saturated carbocycles. The predicted molar refractivity (Wildman–Crippen MR) is 131 cm³/mol. The number of likely N-dealkylation sites (tertiary alicyclic amines) is 1. The number of aliphatic carboxylic acids is 2. The Kier molecular flexibility index (Phi) is 7.80. The van der Waals surface area contributed by atoms with E-state index in [1.807, 2.05) is 13.1 Å². The van der Waals surface area contributed by atoms with E-state index in [0.717, 1.165) is 23.7 Å². The van der Waals surface area contributed by atoms with Gasteiger partial charge >= 0.3 is 24.1 Å². The molecular formula is C26H27F3N2O10. The number of carbonyl (C=O) groups is 4. The molecule has 4 aliphatic rings. The van der Waals surface area contributed by atoms with Crippen LogP contribution in [0.25, 0.3) is 0 Å². The second kappa shape index (κ2) is 10.7. The zero-order valence-electron chi connectivity index (χ0n) is 21.6. The summed E-state index contributed by atoms with van der Waals surface area (Å²) in [7, 11) is 1.99. The molecule has 5 N–H and O–H groups in total. The minimum Gasteiger partial charge on any atom is -0.504 e. The molecule has 1 aromatic carbocycles. The number of benzene rings is 1. The number of rotatable bonds is 6. The van der Waals surface area contributed by atoms with Crippen LogP contribution in [0.3, 0.4) is 0 Å². The lowest BCUT2D eigenvalue weighted by Gasteiger charge is -2.61. The normalized spacial score (nSPS) is 27.5. The van der Waals surface area contributed by atoms with Gasteiger partial charge in [0.25, 0.3) is 0 Å². The Labute approximate surface area is 230 Å². The van der Waals surface area contributed by atoms with Crippen molar-refractivity contribution in [2.45, 2.75) is 55.0 Å². The Hall–Kier alpha value is -4.11. The van der Waals surface area contributed by atoms with Crippen molar-refractivity contribution in [3.05, 3.63) is 47.2 Å². The molecule has 222 valence electrons. The number of piperidine rings is 1. The van der Waals surface area contributed by atoms with Crippen molar-refractivity contribution in [2.24, 2.45) is 0 Å². The molecule has 5 rings (SSSR count). The maximum atomic E-state index is 12.6. The highest BCUT2D eigenvalue weighted by Gasteiger charge is 2.72. The minimum atomic E-state index is -5.08. The molecule has 1 spiro atoms. The van der Waals surface area contributed by atoms with Gasteiger partial charge in [0, 0.05) is 36.7 Å². The van der Waals surface area contributed by atoms with Gasteiger partial charge in [0.1, 0.15) is 5.76 Å². The van der Waals surface area contributed by atoms with Gasteiger partial charge in [-0.2, -0.15) is 13.2 Å². The summed E-state index contributed by atoms with van der Waals surface area (Å²) < 4.78 is 43.6. The highest BCUT2D eigenvalue weighted by atomic mass is 19.4. The summed E-state index contributed by atoms with van der Waals surface area (Å²) in [6.07, 6.45) is -1.24. The molecule has 1 saturated heterocycles. The number of ether oxygens (including phenoxy) is 2. The highest BCUT2D eigenvalue weighted by Crippen LogP contribution is 2.65. The van der Waals surface area contributed by atoms with E-state index >= 15 is 0 Å². The Morgan fingerprint density at radius 2 is 1.90 bits per heavy atom. The Balaban J connectivity index is 0.000000493. The molecule has 12 nitrogen and oxygen atoms in total. The van der Waals surface area contributed by atoms with Crippen molar-refractivity contribution in [1.82, 2.24) is 10.2 Å². The zero-order valence-corrected chi connectivity index (χ0v) is 21.6. The quantitative estimate of drug-likeness (QED) is 0.238. The number of carboxylic acids is 2. The minimum absolute atomic E-state index is 0.00921. The number of likely N-dealkylation sites (N-methyl/N-ethyl adjacent to an activating group) is 1. The SMILES string of the molecule is CN1CC[C@]23c4c5ccc(O)c4O[C@H]2C(OC(=O)CCNC(=O)C=CC(=O)O)=CC[C@@]3(O)[C@H]1C5.O=C(O)C(F)(F)F. The van der Waals surface area contributed by atoms with Gasteiger partial charge in [0.2, 0.25) is 5.91 Å². The number of amides is 1. The molecule has 2 aliphatic carbocycles. The van der Waals surface area contributed by atoms with Crippen molar-refractivity contribution >= 4 is 23.8 Å². The Bertz CT molecular complexity index is 1340. The zero-order chi connectivity index (χ0) is 30.3. The fourth-order valence-corrected chi connectivity index (χ4v) is 6.11. The van der Waals surface area contributed by atoms with Gasteiger partial charge in [-0.25, -0.2) is 9.59 Å². The van der Waals surface area contributed by atoms with Crippen LogP contribution in [0.15, 0.2) is 36.1 Å². The third-order valence-corrected chi connectivity index (χ3v) is 7.83. The van der Waals surface area contributed by atoms with Crippen LogP contribution in [0.4, 0.5) is 13.2 Å². The highest BCUT2D eigenvalue weighted by molar-refractivity contribution is 5.94. The monoisotopic (exact) mass is 584 g/mol. The molecule has 2 heterocycles. The van der Waals surface area contributed by atoms with Crippen molar-refractivity contribution in [2.75, 3.05) is 20.1 Å². The topological polar surface area (TPSA) is 183 Å². The summed E-state index contributed by atoms with van der Waals surface area (Å²) in [5.74, 6) is -4.61. The molecule has 4 atom stereocenters. The third kappa shape index (κ3) is 5.22. The second-order valence-corrected chi connectivity index (χ2v) is 10.1. The molecule has 1 aromatic rings. The number of alkyl halides is 3. The number of aliphatic hydroxyl groups is 1. The van der Waals surface area contributed by atoms with E-state index in [9.17, 15) is 37.8 Å². The van der Waals surface area contributed by atoms with Gasteiger partial charge < -0.3 is 40.1 Å². The van der Waals surface area contributed by atoms with E-state index in [4.69, 9.17) is 24.5 Å². The molecule has 2 aliphatic heterocycles. The summed E-state index contributed by atoms with van der Waals surface area (Å²) in [6, 6.07) is 3.33. The van der Waals surface area contributed by atoms with Crippen LogP contribution in [-0.4, -0.2) is 93.2 Å². The van der Waals surface area contributed by atoms with Gasteiger partial charge in [0.05, 0.1) is 17.4 Å². The predicted octanol–water partition coefficient (Wildman–Crippen LogP) is 0.993. The number of nitrogens with zero attached hydrogens (tertiary/aromatic N) is 1. The number of halogens is 3. The van der Waals surface area contributed by atoms with Crippen molar-refractivity contribution in [3.8, 4) is 11.5 Å². The number of carboxylic acid groups (broad SMARTS) is 2. The maximum Gasteiger partial charge on any atom is 0.490 e. The van der Waals surface area contributed by atoms with E-state index in [1.54, 1.807) is 12.1 Å². The number of nitrogens with one attached hydrogen (secondary N) is 1. The number of esters is 1. The first-order valence-corrected chi connectivity index (χ1v) is 12.5. The lowest BCUT2D eigenvalue weighted by Crippen LogP contribution is -2.74. The van der Waals surface area contributed by atoms with Gasteiger partial charge in [0.15, 0.2) is 17.6 Å². The van der Waals surface area contributed by atoms with Crippen LogP contribution in [0.5, 0.6) is 11.5 Å². The molecule has 1 fully saturated rings. The molecule has 2 bridgehead atoms. The molecule has 0 radical (unpaired) electrons. The third-order valence-electron chi connectivity index (χ3n) is 7.83. The first-order chi connectivity index (χ1) is 19.1. The average Bonchev–Trinajstić information content (AvgIpc) is 3.24. The first-order valence-electron chi connectivity index (χ1n) is 12.5. The summed E-state index contributed by atoms with van der Waals surface area (Å²) in [5, 5.41) is 40.7. The van der Waals surface area contributed by atoms with E-state index in [2.05, 4.69) is 10.2 Å². The Morgan fingerprint density at radius 3 is 2.54 bits per heavy atom. The average molecular weight is 585 g/mol. The summed E-state index contributed by atoms with van der Waals surface area (Å²) in [6.45, 7) is 0.687. The molecule has 0 unspecified atom stereocenters. The van der Waals surface area contributed by atoms with Crippen LogP contribution in [0, 0.1) is 0 Å². The number of hydrogen-bond donors (Lipinski definition) is 5. The standard InChI is InChI=1S/C24H26N2O8.C2HF3O2/c1-26-11-9-23-20-13-2-3-14(27)21(20)34-22(23)15(6-8-24(23,32)16(26)12-13)33-19(31)7-10-25-17(28)4-5-18(29)30;3-2(4,5)1(6)7/h2-6,16,22,27,32H,7-12H2,1H3,(H,25,28)(H,29,30);(H,6,7)/t16-,22+,23+,24-;/m1./s1. The fourth-order valence-electron chi connectivity index (χ4n) is 6.11. The number of aromatic hydroxyl groups is 1. The van der Waals surface area contributed by atoms with E-state index in [1.165, 1.54) is 0 Å². The van der Waals surface area contributed by atoms with Crippen LogP contribution >= 0.6 is 0 Å². The van der Waals surface area contributed by atoms with Crippen LogP contribution in [-0.2, 0) is 35.8 Å². The van der Waals surface area contributed by atoms with Crippen molar-refractivity contribution < 1.29 is 62.2 Å². The lowest BCUT2D eigenvalue weighted by molar-refractivity contribution is -0.192. The van der Waals surface area contributed by atoms with Crippen molar-refractivity contribution in [1.29, 1.82) is 0 Å². The molecule has 41 heavy (non-hydrogen) atoms. The van der Waals surface area contributed by atoms with Crippen LogP contribution in [0.2, 0.25) is 0 Å². The van der Waals surface area contributed by atoms with Gasteiger partial charge in [-0.1, -0.05) is 6.07 Å². The van der Waals surface area contributed by atoms with Crippen molar-refractivity contribution in [3.63, 3.8) is 0 Å². The van der Waals surface area contributed by atoms with Gasteiger partial charge in [-0.05, 0) is 44.1 Å². The number of carbonyl (C=O) groups excluding carboxylic acids is 2. The van der Waals surface area contributed by atoms with Gasteiger partial charge in [-0.3, -0.25) is 9.59 Å². The first kappa shape index (κ1) is 29.9. The number of phenolic OH excluding ortho intramolecular Hbond substituents is 1. The van der Waals surface area contributed by atoms with E-state index < -0.39 is 47.1 Å². The Morgan fingerprint density at radius 1 is 1.22 bits per heavy atom.